The summed E-state index contributed by atoms with van der Waals surface area (Å²) in [7, 11) is -2.93. The molecule has 2 aliphatic heterocycles. The topological polar surface area (TPSA) is 93.4 Å². The maximum Gasteiger partial charge on any atom is 0.231 e. The van der Waals surface area contributed by atoms with Crippen molar-refractivity contribution < 1.29 is 17.7 Å². The zero-order valence-corrected chi connectivity index (χ0v) is 13.5. The van der Waals surface area contributed by atoms with Gasteiger partial charge in [-0.3, -0.25) is 4.79 Å². The van der Waals surface area contributed by atoms with Crippen LogP contribution in [0.4, 0.5) is 0 Å². The summed E-state index contributed by atoms with van der Waals surface area (Å²) in [6, 6.07) is 0. The molecule has 22 heavy (non-hydrogen) atoms. The van der Waals surface area contributed by atoms with Crippen LogP contribution in [0, 0.1) is 12.8 Å². The Morgan fingerprint density at radius 1 is 1.41 bits per heavy atom. The van der Waals surface area contributed by atoms with Gasteiger partial charge in [-0.05, 0) is 32.1 Å². The Labute approximate surface area is 130 Å². The van der Waals surface area contributed by atoms with Gasteiger partial charge in [0.15, 0.2) is 15.7 Å². The van der Waals surface area contributed by atoms with Crippen LogP contribution in [0.25, 0.3) is 0 Å². The molecule has 0 spiro atoms. The van der Waals surface area contributed by atoms with Crippen molar-refractivity contribution in [3.8, 4) is 0 Å². The van der Waals surface area contributed by atoms with Gasteiger partial charge in [0.05, 0.1) is 17.4 Å². The van der Waals surface area contributed by atoms with Crippen LogP contribution in [0.15, 0.2) is 4.52 Å². The smallest absolute Gasteiger partial charge is 0.231 e. The van der Waals surface area contributed by atoms with Crippen molar-refractivity contribution in [3.63, 3.8) is 0 Å². The first-order valence-corrected chi connectivity index (χ1v) is 9.53. The molecule has 0 N–H and O–H groups in total. The summed E-state index contributed by atoms with van der Waals surface area (Å²) in [6.07, 6.45) is 2.77. The van der Waals surface area contributed by atoms with Crippen molar-refractivity contribution in [1.29, 1.82) is 0 Å². The molecule has 8 heteroatoms. The van der Waals surface area contributed by atoms with E-state index in [9.17, 15) is 13.2 Å². The molecule has 3 heterocycles. The van der Waals surface area contributed by atoms with E-state index < -0.39 is 9.84 Å². The quantitative estimate of drug-likeness (QED) is 0.819. The molecule has 0 aliphatic carbocycles. The van der Waals surface area contributed by atoms with E-state index in [0.717, 1.165) is 19.4 Å². The standard InChI is InChI=1S/C14H21N3O4S/c1-10-15-14(21-16-10)12-3-2-5-17(8-12)13(18)7-11-4-6-22(19,20)9-11/h11-12H,2-9H2,1H3/t11-,12+/m0/s1. The van der Waals surface area contributed by atoms with Gasteiger partial charge in [-0.25, -0.2) is 8.42 Å². The molecule has 0 aromatic carbocycles. The largest absolute Gasteiger partial charge is 0.342 e. The van der Waals surface area contributed by atoms with Crippen LogP contribution in [-0.4, -0.2) is 54.0 Å². The lowest BCUT2D eigenvalue weighted by atomic mass is 9.96. The monoisotopic (exact) mass is 327 g/mol. The van der Waals surface area contributed by atoms with Crippen LogP contribution in [0.2, 0.25) is 0 Å². The number of hydrogen-bond acceptors (Lipinski definition) is 6. The summed E-state index contributed by atoms with van der Waals surface area (Å²) < 4.78 is 28.2. The van der Waals surface area contributed by atoms with Crippen molar-refractivity contribution in [3.05, 3.63) is 11.7 Å². The number of carbonyl (C=O) groups is 1. The minimum absolute atomic E-state index is 0.0245. The SMILES string of the molecule is Cc1noc([C@@H]2CCCN(C(=O)C[C@@H]3CCS(=O)(=O)C3)C2)n1. The van der Waals surface area contributed by atoms with Crippen LogP contribution in [-0.2, 0) is 14.6 Å². The highest BCUT2D eigenvalue weighted by Gasteiger charge is 2.33. The third-order valence-electron chi connectivity index (χ3n) is 4.46. The normalized spacial score (nSPS) is 28.0. The number of sulfone groups is 1. The first-order chi connectivity index (χ1) is 10.4. The summed E-state index contributed by atoms with van der Waals surface area (Å²) in [6.45, 7) is 3.08. The van der Waals surface area contributed by atoms with Crippen molar-refractivity contribution in [1.82, 2.24) is 15.0 Å². The van der Waals surface area contributed by atoms with Gasteiger partial charge in [0, 0.05) is 19.5 Å². The number of amides is 1. The number of hydrogen-bond donors (Lipinski definition) is 0. The van der Waals surface area contributed by atoms with Crippen LogP contribution in [0.1, 0.15) is 43.3 Å². The molecular weight excluding hydrogens is 306 g/mol. The van der Waals surface area contributed by atoms with Crippen LogP contribution in [0.5, 0.6) is 0 Å². The third-order valence-corrected chi connectivity index (χ3v) is 6.29. The lowest BCUT2D eigenvalue weighted by Gasteiger charge is -2.31. The van der Waals surface area contributed by atoms with E-state index in [4.69, 9.17) is 4.52 Å². The Morgan fingerprint density at radius 2 is 2.23 bits per heavy atom. The summed E-state index contributed by atoms with van der Waals surface area (Å²) in [5.41, 5.74) is 0. The van der Waals surface area contributed by atoms with Gasteiger partial charge in [0.25, 0.3) is 0 Å². The number of aromatic nitrogens is 2. The molecule has 3 rings (SSSR count). The second-order valence-corrected chi connectivity index (χ2v) is 8.56. The molecule has 7 nitrogen and oxygen atoms in total. The second-order valence-electron chi connectivity index (χ2n) is 6.33. The number of rotatable bonds is 3. The second kappa shape index (κ2) is 5.98. The predicted molar refractivity (Wildman–Crippen MR) is 79.0 cm³/mol. The van der Waals surface area contributed by atoms with Gasteiger partial charge in [-0.2, -0.15) is 4.98 Å². The molecular formula is C14H21N3O4S. The number of likely N-dealkylation sites (tertiary alicyclic amines) is 1. The maximum absolute atomic E-state index is 12.4. The Morgan fingerprint density at radius 3 is 2.86 bits per heavy atom. The van der Waals surface area contributed by atoms with Crippen LogP contribution in [0.3, 0.4) is 0 Å². The molecule has 0 unspecified atom stereocenters. The highest BCUT2D eigenvalue weighted by Crippen LogP contribution is 2.28. The van der Waals surface area contributed by atoms with Crippen molar-refractivity contribution in [2.75, 3.05) is 24.6 Å². The first-order valence-electron chi connectivity index (χ1n) is 7.71. The molecule has 1 amide bonds. The number of carbonyl (C=O) groups excluding carboxylic acids is 1. The Kier molecular flexibility index (Phi) is 4.20. The molecule has 122 valence electrons. The molecule has 0 bridgehead atoms. The highest BCUT2D eigenvalue weighted by atomic mass is 32.2. The van der Waals surface area contributed by atoms with Gasteiger partial charge in [-0.1, -0.05) is 5.16 Å². The van der Waals surface area contributed by atoms with E-state index in [1.54, 1.807) is 6.92 Å². The highest BCUT2D eigenvalue weighted by molar-refractivity contribution is 7.91. The molecule has 2 atom stereocenters. The molecule has 1 aromatic heterocycles. The van der Waals surface area contributed by atoms with E-state index in [2.05, 4.69) is 10.1 Å². The Balaban J connectivity index is 1.58. The number of aryl methyl sites for hydroxylation is 1. The molecule has 2 fully saturated rings. The Bertz CT molecular complexity index is 655. The summed E-state index contributed by atoms with van der Waals surface area (Å²) in [4.78, 5) is 18.5. The van der Waals surface area contributed by atoms with Gasteiger partial charge in [0.1, 0.15) is 0 Å². The fourth-order valence-corrected chi connectivity index (χ4v) is 5.16. The van der Waals surface area contributed by atoms with Gasteiger partial charge >= 0.3 is 0 Å². The average Bonchev–Trinajstić information content (AvgIpc) is 3.05. The van der Waals surface area contributed by atoms with Crippen LogP contribution >= 0.6 is 0 Å². The van der Waals surface area contributed by atoms with E-state index in [1.807, 2.05) is 4.90 Å². The van der Waals surface area contributed by atoms with Gasteiger partial charge in [-0.15, -0.1) is 0 Å². The Hall–Kier alpha value is -1.44. The third kappa shape index (κ3) is 3.48. The van der Waals surface area contributed by atoms with Gasteiger partial charge < -0.3 is 9.42 Å². The molecule has 1 aromatic rings. The molecule has 0 saturated carbocycles. The summed E-state index contributed by atoms with van der Waals surface area (Å²) >= 11 is 0. The summed E-state index contributed by atoms with van der Waals surface area (Å²) in [5.74, 6) is 1.68. The zero-order chi connectivity index (χ0) is 15.7. The zero-order valence-electron chi connectivity index (χ0n) is 12.7. The fraction of sp³-hybridized carbons (Fsp3) is 0.786. The summed E-state index contributed by atoms with van der Waals surface area (Å²) in [5, 5.41) is 3.80. The average molecular weight is 327 g/mol. The molecule has 0 radical (unpaired) electrons. The fourth-order valence-electron chi connectivity index (χ4n) is 3.29. The van der Waals surface area contributed by atoms with E-state index in [1.165, 1.54) is 0 Å². The lowest BCUT2D eigenvalue weighted by molar-refractivity contribution is -0.133. The minimum Gasteiger partial charge on any atom is -0.342 e. The molecule has 2 aliphatic rings. The first kappa shape index (κ1) is 15.5. The van der Waals surface area contributed by atoms with E-state index >= 15 is 0 Å². The predicted octanol–water partition coefficient (Wildman–Crippen LogP) is 0.909. The van der Waals surface area contributed by atoms with E-state index in [0.29, 0.717) is 31.1 Å². The number of nitrogens with zero attached hydrogens (tertiary/aromatic N) is 3. The maximum atomic E-state index is 12.4. The van der Waals surface area contributed by atoms with E-state index in [-0.39, 0.29) is 29.2 Å². The van der Waals surface area contributed by atoms with Crippen LogP contribution < -0.4 is 0 Å². The lowest BCUT2D eigenvalue weighted by Crippen LogP contribution is -2.40. The number of piperidine rings is 1. The van der Waals surface area contributed by atoms with Crippen molar-refractivity contribution >= 4 is 15.7 Å². The van der Waals surface area contributed by atoms with Crippen molar-refractivity contribution in [2.24, 2.45) is 5.92 Å². The van der Waals surface area contributed by atoms with Crippen molar-refractivity contribution in [2.45, 2.75) is 38.5 Å². The minimum atomic E-state index is -2.93. The molecule has 2 saturated heterocycles. The van der Waals surface area contributed by atoms with Gasteiger partial charge in [0.2, 0.25) is 11.8 Å².